The van der Waals surface area contributed by atoms with Crippen LogP contribution >= 0.6 is 0 Å². The predicted molar refractivity (Wildman–Crippen MR) is 57.8 cm³/mol. The zero-order valence-corrected chi connectivity index (χ0v) is 8.95. The molecule has 0 spiro atoms. The molecule has 0 saturated heterocycles. The van der Waals surface area contributed by atoms with Gasteiger partial charge in [0.05, 0.1) is 0 Å². The van der Waals surface area contributed by atoms with E-state index in [-0.39, 0.29) is 0 Å². The van der Waals surface area contributed by atoms with Crippen LogP contribution in [0.2, 0.25) is 0 Å². The fraction of sp³-hybridized carbons (Fsp3) is 0.846. The van der Waals surface area contributed by atoms with Crippen molar-refractivity contribution in [3.63, 3.8) is 0 Å². The lowest BCUT2D eigenvalue weighted by Crippen LogP contribution is -2.25. The Morgan fingerprint density at radius 3 is 2.50 bits per heavy atom. The molecule has 0 aromatic carbocycles. The Balaban J connectivity index is 1.86. The Morgan fingerprint density at radius 1 is 1.00 bits per heavy atom. The van der Waals surface area contributed by atoms with E-state index in [4.69, 9.17) is 0 Å². The summed E-state index contributed by atoms with van der Waals surface area (Å²) in [5.41, 5.74) is 0. The van der Waals surface area contributed by atoms with E-state index in [1.54, 1.807) is 0 Å². The maximum absolute atomic E-state index is 10.8. The third kappa shape index (κ3) is 2.37. The summed E-state index contributed by atoms with van der Waals surface area (Å²) in [4.78, 5) is 10.8. The minimum absolute atomic E-state index is 0.389. The lowest BCUT2D eigenvalue weighted by atomic mass is 9.71. The van der Waals surface area contributed by atoms with E-state index in [0.29, 0.717) is 5.92 Å². The Kier molecular flexibility index (Phi) is 3.61. The molecule has 0 amide bonds. The van der Waals surface area contributed by atoms with Crippen LogP contribution in [0.3, 0.4) is 0 Å². The van der Waals surface area contributed by atoms with Crippen LogP contribution in [0.1, 0.15) is 51.4 Å². The summed E-state index contributed by atoms with van der Waals surface area (Å²) < 4.78 is 0. The molecule has 0 bridgehead atoms. The fourth-order valence-corrected chi connectivity index (χ4v) is 3.24. The Bertz CT molecular complexity index is 182. The van der Waals surface area contributed by atoms with Gasteiger partial charge >= 0.3 is 0 Å². The van der Waals surface area contributed by atoms with Gasteiger partial charge in [0.25, 0.3) is 0 Å². The molecule has 2 fully saturated rings. The SMILES string of the molecule is O=CC1CCCC(C2CC[CH]CC2)C1. The normalized spacial score (nSPS) is 35.4. The molecule has 79 valence electrons. The first-order valence-corrected chi connectivity index (χ1v) is 6.17. The topological polar surface area (TPSA) is 17.1 Å². The third-order valence-corrected chi connectivity index (χ3v) is 4.10. The predicted octanol–water partition coefficient (Wildman–Crippen LogP) is 3.39. The molecule has 0 aromatic rings. The summed E-state index contributed by atoms with van der Waals surface area (Å²) in [7, 11) is 0. The molecule has 0 aliphatic heterocycles. The summed E-state index contributed by atoms with van der Waals surface area (Å²) in [6.45, 7) is 0. The summed E-state index contributed by atoms with van der Waals surface area (Å²) >= 11 is 0. The highest BCUT2D eigenvalue weighted by Gasteiger charge is 2.28. The van der Waals surface area contributed by atoms with Crippen LogP contribution in [0.25, 0.3) is 0 Å². The first kappa shape index (κ1) is 10.2. The van der Waals surface area contributed by atoms with Gasteiger partial charge in [0, 0.05) is 5.92 Å². The van der Waals surface area contributed by atoms with E-state index in [9.17, 15) is 4.79 Å². The van der Waals surface area contributed by atoms with Gasteiger partial charge in [-0.2, -0.15) is 0 Å². The molecular weight excluding hydrogens is 172 g/mol. The van der Waals surface area contributed by atoms with Crippen LogP contribution in [0.15, 0.2) is 0 Å². The van der Waals surface area contributed by atoms with Gasteiger partial charge in [-0.05, 0) is 56.8 Å². The summed E-state index contributed by atoms with van der Waals surface area (Å²) in [5.74, 6) is 2.19. The van der Waals surface area contributed by atoms with Crippen LogP contribution in [0.5, 0.6) is 0 Å². The van der Waals surface area contributed by atoms with Crippen molar-refractivity contribution in [1.29, 1.82) is 0 Å². The second kappa shape index (κ2) is 4.95. The van der Waals surface area contributed by atoms with Crippen molar-refractivity contribution in [1.82, 2.24) is 0 Å². The molecule has 1 nitrogen and oxygen atoms in total. The standard InChI is InChI=1S/C13H21O/c14-10-11-5-4-8-13(9-11)12-6-2-1-3-7-12/h1,10-13H,2-9H2. The summed E-state index contributed by atoms with van der Waals surface area (Å²) in [5, 5.41) is 0. The van der Waals surface area contributed by atoms with Crippen LogP contribution in [0.4, 0.5) is 0 Å². The molecule has 2 aliphatic rings. The molecule has 2 aliphatic carbocycles. The monoisotopic (exact) mass is 193 g/mol. The summed E-state index contributed by atoms with van der Waals surface area (Å²) in [6.07, 6.45) is 14.0. The third-order valence-electron chi connectivity index (χ3n) is 4.10. The van der Waals surface area contributed by atoms with Gasteiger partial charge in [0.1, 0.15) is 6.29 Å². The highest BCUT2D eigenvalue weighted by Crippen LogP contribution is 2.39. The Labute approximate surface area is 87.3 Å². The van der Waals surface area contributed by atoms with Crippen LogP contribution in [-0.2, 0) is 4.79 Å². The minimum atomic E-state index is 0.389. The number of carbonyl (C=O) groups is 1. The average molecular weight is 193 g/mol. The fourth-order valence-electron chi connectivity index (χ4n) is 3.24. The van der Waals surface area contributed by atoms with Crippen LogP contribution < -0.4 is 0 Å². The van der Waals surface area contributed by atoms with Crippen molar-refractivity contribution < 1.29 is 4.79 Å². The molecule has 1 radical (unpaired) electrons. The van der Waals surface area contributed by atoms with E-state index >= 15 is 0 Å². The highest BCUT2D eigenvalue weighted by atomic mass is 16.1. The second-order valence-corrected chi connectivity index (χ2v) is 5.03. The number of rotatable bonds is 2. The van der Waals surface area contributed by atoms with Gasteiger partial charge in [-0.15, -0.1) is 0 Å². The Hall–Kier alpha value is -0.330. The number of aldehydes is 1. The molecular formula is C13H21O. The largest absolute Gasteiger partial charge is 0.303 e. The number of hydrogen-bond donors (Lipinski definition) is 0. The molecule has 2 rings (SSSR count). The van der Waals surface area contributed by atoms with Gasteiger partial charge in [-0.25, -0.2) is 0 Å². The molecule has 0 aromatic heterocycles. The Morgan fingerprint density at radius 2 is 1.79 bits per heavy atom. The molecule has 0 N–H and O–H groups in total. The first-order valence-electron chi connectivity index (χ1n) is 6.17. The van der Waals surface area contributed by atoms with Crippen LogP contribution in [-0.4, -0.2) is 6.29 Å². The molecule has 2 saturated carbocycles. The highest BCUT2D eigenvalue weighted by molar-refractivity contribution is 5.53. The number of hydrogen-bond acceptors (Lipinski definition) is 1. The van der Waals surface area contributed by atoms with Crippen molar-refractivity contribution in [2.45, 2.75) is 51.4 Å². The maximum atomic E-state index is 10.8. The van der Waals surface area contributed by atoms with Crippen molar-refractivity contribution in [2.75, 3.05) is 0 Å². The smallest absolute Gasteiger partial charge is 0.123 e. The molecule has 1 heteroatoms. The van der Waals surface area contributed by atoms with Crippen molar-refractivity contribution in [3.05, 3.63) is 6.42 Å². The quantitative estimate of drug-likeness (QED) is 0.614. The van der Waals surface area contributed by atoms with Crippen molar-refractivity contribution in [3.8, 4) is 0 Å². The zero-order valence-electron chi connectivity index (χ0n) is 8.95. The first-order chi connectivity index (χ1) is 6.90. The van der Waals surface area contributed by atoms with Crippen molar-refractivity contribution in [2.24, 2.45) is 17.8 Å². The van der Waals surface area contributed by atoms with Gasteiger partial charge in [0.2, 0.25) is 0 Å². The molecule has 14 heavy (non-hydrogen) atoms. The lowest BCUT2D eigenvalue weighted by Gasteiger charge is -2.34. The van der Waals surface area contributed by atoms with E-state index in [2.05, 4.69) is 6.42 Å². The van der Waals surface area contributed by atoms with Gasteiger partial charge in [0.15, 0.2) is 0 Å². The molecule has 2 unspecified atom stereocenters. The van der Waals surface area contributed by atoms with E-state index in [1.165, 1.54) is 51.2 Å². The maximum Gasteiger partial charge on any atom is 0.123 e. The van der Waals surface area contributed by atoms with Gasteiger partial charge < -0.3 is 4.79 Å². The average Bonchev–Trinajstić information content (AvgIpc) is 2.30. The molecule has 2 atom stereocenters. The van der Waals surface area contributed by atoms with Crippen LogP contribution in [0, 0.1) is 24.2 Å². The van der Waals surface area contributed by atoms with Crippen molar-refractivity contribution >= 4 is 6.29 Å². The lowest BCUT2D eigenvalue weighted by molar-refractivity contribution is -0.112. The van der Waals surface area contributed by atoms with E-state index in [1.807, 2.05) is 0 Å². The second-order valence-electron chi connectivity index (χ2n) is 5.03. The van der Waals surface area contributed by atoms with Gasteiger partial charge in [-0.3, -0.25) is 0 Å². The van der Waals surface area contributed by atoms with E-state index in [0.717, 1.165) is 18.3 Å². The van der Waals surface area contributed by atoms with E-state index < -0.39 is 0 Å². The number of carbonyl (C=O) groups excluding carboxylic acids is 1. The minimum Gasteiger partial charge on any atom is -0.303 e. The molecule has 0 heterocycles. The van der Waals surface area contributed by atoms with Gasteiger partial charge in [-0.1, -0.05) is 12.8 Å². The summed E-state index contributed by atoms with van der Waals surface area (Å²) in [6, 6.07) is 0. The zero-order chi connectivity index (χ0) is 9.80.